The van der Waals surface area contributed by atoms with Crippen molar-refractivity contribution in [3.05, 3.63) is 0 Å². The standard InChI is InChI=1S/C15H29N3O2/c1-5-17-10-11-20-15(12-17)6-8-18(9-7-15)14(19)16(4)13(2)3/h13H,5-12H2,1-4H3. The lowest BCUT2D eigenvalue weighted by molar-refractivity contribution is -0.131. The van der Waals surface area contributed by atoms with Gasteiger partial charge >= 0.3 is 6.03 Å². The number of piperidine rings is 1. The number of hydrogen-bond donors (Lipinski definition) is 0. The summed E-state index contributed by atoms with van der Waals surface area (Å²) < 4.78 is 6.08. The van der Waals surface area contributed by atoms with Gasteiger partial charge in [-0.15, -0.1) is 0 Å². The summed E-state index contributed by atoms with van der Waals surface area (Å²) in [6.45, 7) is 11.9. The number of rotatable bonds is 2. The second-order valence-electron chi connectivity index (χ2n) is 6.37. The molecule has 0 aliphatic carbocycles. The van der Waals surface area contributed by atoms with Crippen molar-refractivity contribution in [3.8, 4) is 0 Å². The van der Waals surface area contributed by atoms with Gasteiger partial charge in [0.2, 0.25) is 0 Å². The van der Waals surface area contributed by atoms with E-state index in [1.807, 2.05) is 30.7 Å². The zero-order chi connectivity index (χ0) is 14.8. The van der Waals surface area contributed by atoms with Gasteiger partial charge in [-0.2, -0.15) is 0 Å². The lowest BCUT2D eigenvalue weighted by atomic mass is 9.89. The number of carbonyl (C=O) groups excluding carboxylic acids is 1. The van der Waals surface area contributed by atoms with Crippen LogP contribution in [0.3, 0.4) is 0 Å². The van der Waals surface area contributed by atoms with E-state index in [1.54, 1.807) is 0 Å². The van der Waals surface area contributed by atoms with E-state index in [9.17, 15) is 4.79 Å². The van der Waals surface area contributed by atoms with Gasteiger partial charge < -0.3 is 14.5 Å². The number of morpholine rings is 1. The fourth-order valence-corrected chi connectivity index (χ4v) is 3.05. The van der Waals surface area contributed by atoms with Crippen LogP contribution in [0.4, 0.5) is 4.79 Å². The van der Waals surface area contributed by atoms with Crippen LogP contribution < -0.4 is 0 Å². The van der Waals surface area contributed by atoms with Gasteiger partial charge in [-0.05, 0) is 33.2 Å². The molecule has 0 atom stereocenters. The molecule has 0 aromatic rings. The molecule has 116 valence electrons. The number of carbonyl (C=O) groups is 1. The Bertz CT molecular complexity index is 338. The minimum atomic E-state index is -0.0125. The van der Waals surface area contributed by atoms with Gasteiger partial charge in [0.1, 0.15) is 0 Å². The van der Waals surface area contributed by atoms with Crippen LogP contribution in [0.1, 0.15) is 33.6 Å². The highest BCUT2D eigenvalue weighted by Crippen LogP contribution is 2.30. The first kappa shape index (κ1) is 15.6. The maximum Gasteiger partial charge on any atom is 0.319 e. The average Bonchev–Trinajstić information content (AvgIpc) is 2.46. The number of amides is 2. The second-order valence-corrected chi connectivity index (χ2v) is 6.37. The molecule has 2 aliphatic heterocycles. The van der Waals surface area contributed by atoms with Gasteiger partial charge in [-0.3, -0.25) is 4.90 Å². The Morgan fingerprint density at radius 1 is 1.30 bits per heavy atom. The van der Waals surface area contributed by atoms with Crippen LogP contribution in [0, 0.1) is 0 Å². The van der Waals surface area contributed by atoms with Gasteiger partial charge in [-0.1, -0.05) is 6.92 Å². The first-order valence-electron chi connectivity index (χ1n) is 7.85. The first-order chi connectivity index (χ1) is 9.47. The molecule has 2 aliphatic rings. The molecule has 2 amide bonds. The Kier molecular flexibility index (Phi) is 4.91. The zero-order valence-electron chi connectivity index (χ0n) is 13.4. The average molecular weight is 283 g/mol. The third-order valence-corrected chi connectivity index (χ3v) is 4.80. The quantitative estimate of drug-likeness (QED) is 0.773. The fraction of sp³-hybridized carbons (Fsp3) is 0.933. The molecule has 2 saturated heterocycles. The summed E-state index contributed by atoms with van der Waals surface area (Å²) in [5, 5.41) is 0. The van der Waals surface area contributed by atoms with Crippen molar-refractivity contribution in [1.82, 2.24) is 14.7 Å². The second kappa shape index (κ2) is 6.31. The Morgan fingerprint density at radius 3 is 2.50 bits per heavy atom. The molecule has 2 rings (SSSR count). The monoisotopic (exact) mass is 283 g/mol. The molecule has 0 N–H and O–H groups in total. The third-order valence-electron chi connectivity index (χ3n) is 4.80. The topological polar surface area (TPSA) is 36.0 Å². The van der Waals surface area contributed by atoms with Gasteiger partial charge in [0.05, 0.1) is 12.2 Å². The van der Waals surface area contributed by atoms with Gasteiger partial charge in [0, 0.05) is 39.3 Å². The van der Waals surface area contributed by atoms with Crippen molar-refractivity contribution in [2.24, 2.45) is 0 Å². The Balaban J connectivity index is 1.90. The van der Waals surface area contributed by atoms with E-state index in [0.717, 1.165) is 52.2 Å². The number of urea groups is 1. The molecule has 0 bridgehead atoms. The summed E-state index contributed by atoms with van der Waals surface area (Å²) in [5.41, 5.74) is -0.0125. The van der Waals surface area contributed by atoms with E-state index in [2.05, 4.69) is 11.8 Å². The molecule has 5 heteroatoms. The maximum absolute atomic E-state index is 12.3. The molecular formula is C15H29N3O2. The van der Waals surface area contributed by atoms with Crippen molar-refractivity contribution in [2.45, 2.75) is 45.3 Å². The molecule has 0 aromatic carbocycles. The maximum atomic E-state index is 12.3. The van der Waals surface area contributed by atoms with E-state index in [4.69, 9.17) is 4.74 Å². The molecule has 0 radical (unpaired) electrons. The van der Waals surface area contributed by atoms with E-state index in [1.165, 1.54) is 0 Å². The summed E-state index contributed by atoms with van der Waals surface area (Å²) >= 11 is 0. The third kappa shape index (κ3) is 3.26. The van der Waals surface area contributed by atoms with Crippen molar-refractivity contribution in [2.75, 3.05) is 46.4 Å². The van der Waals surface area contributed by atoms with Crippen LogP contribution in [-0.4, -0.2) is 78.8 Å². The van der Waals surface area contributed by atoms with Crippen molar-refractivity contribution in [3.63, 3.8) is 0 Å². The smallest absolute Gasteiger partial charge is 0.319 e. The fourth-order valence-electron chi connectivity index (χ4n) is 3.05. The van der Waals surface area contributed by atoms with E-state index in [-0.39, 0.29) is 17.7 Å². The van der Waals surface area contributed by atoms with E-state index >= 15 is 0 Å². The molecule has 20 heavy (non-hydrogen) atoms. The lowest BCUT2D eigenvalue weighted by Gasteiger charge is -2.47. The minimum absolute atomic E-state index is 0.0125. The van der Waals surface area contributed by atoms with Crippen LogP contribution in [0.5, 0.6) is 0 Å². The minimum Gasteiger partial charge on any atom is -0.372 e. The van der Waals surface area contributed by atoms with E-state index < -0.39 is 0 Å². The molecule has 2 heterocycles. The van der Waals surface area contributed by atoms with Crippen molar-refractivity contribution < 1.29 is 9.53 Å². The Labute approximate surface area is 122 Å². The zero-order valence-corrected chi connectivity index (χ0v) is 13.4. The van der Waals surface area contributed by atoms with E-state index in [0.29, 0.717) is 0 Å². The first-order valence-corrected chi connectivity index (χ1v) is 7.85. The van der Waals surface area contributed by atoms with Gasteiger partial charge in [0.25, 0.3) is 0 Å². The summed E-state index contributed by atoms with van der Waals surface area (Å²) in [4.78, 5) is 18.6. The number of likely N-dealkylation sites (tertiary alicyclic amines) is 1. The summed E-state index contributed by atoms with van der Waals surface area (Å²) in [5.74, 6) is 0. The van der Waals surface area contributed by atoms with Crippen LogP contribution in [-0.2, 0) is 4.74 Å². The largest absolute Gasteiger partial charge is 0.372 e. The van der Waals surface area contributed by atoms with Gasteiger partial charge in [-0.25, -0.2) is 4.79 Å². The molecule has 0 aromatic heterocycles. The predicted molar refractivity (Wildman–Crippen MR) is 79.9 cm³/mol. The highest BCUT2D eigenvalue weighted by molar-refractivity contribution is 5.74. The molecular weight excluding hydrogens is 254 g/mol. The lowest BCUT2D eigenvalue weighted by Crippen LogP contribution is -2.58. The normalized spacial score (nSPS) is 23.4. The van der Waals surface area contributed by atoms with Crippen LogP contribution >= 0.6 is 0 Å². The summed E-state index contributed by atoms with van der Waals surface area (Å²) in [6, 6.07) is 0.401. The number of nitrogens with zero attached hydrogens (tertiary/aromatic N) is 3. The summed E-state index contributed by atoms with van der Waals surface area (Å²) in [6.07, 6.45) is 1.92. The van der Waals surface area contributed by atoms with Gasteiger partial charge in [0.15, 0.2) is 0 Å². The molecule has 5 nitrogen and oxygen atoms in total. The molecule has 1 spiro atoms. The molecule has 0 saturated carbocycles. The summed E-state index contributed by atoms with van der Waals surface area (Å²) in [7, 11) is 1.88. The molecule has 2 fully saturated rings. The molecule has 0 unspecified atom stereocenters. The SMILES string of the molecule is CCN1CCOC2(CCN(C(=O)N(C)C(C)C)CC2)C1. The van der Waals surface area contributed by atoms with Crippen LogP contribution in [0.25, 0.3) is 0 Å². The predicted octanol–water partition coefficient (Wildman–Crippen LogP) is 1.63. The Hall–Kier alpha value is -0.810. The number of hydrogen-bond acceptors (Lipinski definition) is 3. The van der Waals surface area contributed by atoms with Crippen LogP contribution in [0.2, 0.25) is 0 Å². The highest BCUT2D eigenvalue weighted by Gasteiger charge is 2.40. The number of likely N-dealkylation sites (N-methyl/N-ethyl adjacent to an activating group) is 1. The Morgan fingerprint density at radius 2 is 1.95 bits per heavy atom. The number of ether oxygens (including phenoxy) is 1. The van der Waals surface area contributed by atoms with Crippen molar-refractivity contribution in [1.29, 1.82) is 0 Å². The highest BCUT2D eigenvalue weighted by atomic mass is 16.5. The van der Waals surface area contributed by atoms with Crippen molar-refractivity contribution >= 4 is 6.03 Å². The van der Waals surface area contributed by atoms with Crippen LogP contribution in [0.15, 0.2) is 0 Å².